The van der Waals surface area contributed by atoms with Gasteiger partial charge in [-0.3, -0.25) is 9.59 Å². The van der Waals surface area contributed by atoms with Crippen molar-refractivity contribution >= 4 is 17.4 Å². The summed E-state index contributed by atoms with van der Waals surface area (Å²) in [5.41, 5.74) is 1.51. The first-order chi connectivity index (χ1) is 8.77. The molecule has 1 aliphatic heterocycles. The summed E-state index contributed by atoms with van der Waals surface area (Å²) in [4.78, 5) is 26.1. The predicted molar refractivity (Wildman–Crippen MR) is 69.7 cm³/mol. The zero-order valence-electron chi connectivity index (χ0n) is 10.4. The average Bonchev–Trinajstić information content (AvgIpc) is 2.93. The number of benzene rings is 1. The molecule has 1 heterocycles. The smallest absolute Gasteiger partial charge is 0.230 e. The number of rotatable bonds is 1. The van der Waals surface area contributed by atoms with Crippen LogP contribution in [0.3, 0.4) is 0 Å². The molecule has 0 bridgehead atoms. The Labute approximate surface area is 107 Å². The van der Waals surface area contributed by atoms with Gasteiger partial charge in [0.05, 0.1) is 5.69 Å². The Morgan fingerprint density at radius 2 is 1.89 bits per heavy atom. The lowest BCUT2D eigenvalue weighted by Gasteiger charge is -2.30. The summed E-state index contributed by atoms with van der Waals surface area (Å²) in [5, 5.41) is 0. The molecule has 3 rings (SSSR count). The first-order valence-electron chi connectivity index (χ1n) is 6.71. The zero-order valence-corrected chi connectivity index (χ0v) is 10.4. The van der Waals surface area contributed by atoms with E-state index < -0.39 is 0 Å². The van der Waals surface area contributed by atoms with Crippen LogP contribution < -0.4 is 4.90 Å². The molecule has 0 spiro atoms. The molecule has 3 nitrogen and oxygen atoms in total. The van der Waals surface area contributed by atoms with Crippen LogP contribution in [0.1, 0.15) is 42.5 Å². The third kappa shape index (κ3) is 1.84. The Morgan fingerprint density at radius 3 is 2.67 bits per heavy atom. The van der Waals surface area contributed by atoms with Gasteiger partial charge in [-0.25, -0.2) is 0 Å². The minimum atomic E-state index is 0.154. The SMILES string of the molecule is O=C1CCN(C(=O)C2CCCC2)c2ccccc21. The van der Waals surface area contributed by atoms with Gasteiger partial charge in [0.1, 0.15) is 0 Å². The van der Waals surface area contributed by atoms with E-state index in [1.165, 1.54) is 0 Å². The van der Waals surface area contributed by atoms with Crippen LogP contribution in [0.15, 0.2) is 24.3 Å². The molecule has 0 saturated heterocycles. The topological polar surface area (TPSA) is 37.4 Å². The van der Waals surface area contributed by atoms with Gasteiger partial charge in [-0.2, -0.15) is 0 Å². The maximum Gasteiger partial charge on any atom is 0.230 e. The summed E-state index contributed by atoms with van der Waals surface area (Å²) < 4.78 is 0. The van der Waals surface area contributed by atoms with Crippen molar-refractivity contribution in [3.8, 4) is 0 Å². The zero-order chi connectivity index (χ0) is 12.5. The van der Waals surface area contributed by atoms with Crippen LogP contribution in [0.25, 0.3) is 0 Å². The minimum Gasteiger partial charge on any atom is -0.311 e. The second-order valence-electron chi connectivity index (χ2n) is 5.16. The molecular weight excluding hydrogens is 226 g/mol. The monoisotopic (exact) mass is 243 g/mol. The molecule has 94 valence electrons. The maximum absolute atomic E-state index is 12.5. The summed E-state index contributed by atoms with van der Waals surface area (Å²) in [6.45, 7) is 0.547. The van der Waals surface area contributed by atoms with Crippen LogP contribution in [0.2, 0.25) is 0 Å². The lowest BCUT2D eigenvalue weighted by Crippen LogP contribution is -2.40. The van der Waals surface area contributed by atoms with Crippen molar-refractivity contribution in [3.05, 3.63) is 29.8 Å². The van der Waals surface area contributed by atoms with E-state index in [0.717, 1.165) is 31.4 Å². The maximum atomic E-state index is 12.5. The fourth-order valence-electron chi connectivity index (χ4n) is 3.04. The average molecular weight is 243 g/mol. The molecule has 18 heavy (non-hydrogen) atoms. The third-order valence-corrected chi connectivity index (χ3v) is 4.03. The number of Topliss-reactive ketones (excluding diaryl/α,β-unsaturated/α-hetero) is 1. The van der Waals surface area contributed by atoms with E-state index in [-0.39, 0.29) is 17.6 Å². The summed E-state index contributed by atoms with van der Waals surface area (Å²) in [6, 6.07) is 7.47. The van der Waals surface area contributed by atoms with Crippen molar-refractivity contribution in [3.63, 3.8) is 0 Å². The van der Waals surface area contributed by atoms with E-state index in [2.05, 4.69) is 0 Å². The number of carbonyl (C=O) groups is 2. The van der Waals surface area contributed by atoms with Gasteiger partial charge in [-0.05, 0) is 25.0 Å². The lowest BCUT2D eigenvalue weighted by atomic mass is 9.98. The molecule has 2 aliphatic rings. The van der Waals surface area contributed by atoms with Crippen LogP contribution in [-0.4, -0.2) is 18.2 Å². The largest absolute Gasteiger partial charge is 0.311 e. The fourth-order valence-corrected chi connectivity index (χ4v) is 3.04. The molecular formula is C15H17NO2. The number of fused-ring (bicyclic) bond motifs is 1. The molecule has 1 saturated carbocycles. The molecule has 1 amide bonds. The number of anilines is 1. The summed E-state index contributed by atoms with van der Waals surface area (Å²) in [6.07, 6.45) is 4.78. The van der Waals surface area contributed by atoms with Gasteiger partial charge in [0, 0.05) is 24.4 Å². The number of amides is 1. The lowest BCUT2D eigenvalue weighted by molar-refractivity contribution is -0.122. The Kier molecular flexibility index (Phi) is 2.90. The molecule has 1 aliphatic carbocycles. The third-order valence-electron chi connectivity index (χ3n) is 4.03. The van der Waals surface area contributed by atoms with Gasteiger partial charge in [0.15, 0.2) is 5.78 Å². The standard InChI is InChI=1S/C15H17NO2/c17-14-9-10-16(13-8-4-3-7-12(13)14)15(18)11-5-1-2-6-11/h3-4,7-8,11H,1-2,5-6,9-10H2. The molecule has 0 aromatic heterocycles. The minimum absolute atomic E-state index is 0.154. The number of nitrogens with zero attached hydrogens (tertiary/aromatic N) is 1. The second-order valence-corrected chi connectivity index (χ2v) is 5.16. The fraction of sp³-hybridized carbons (Fsp3) is 0.467. The van der Waals surface area contributed by atoms with E-state index in [1.807, 2.05) is 29.2 Å². The van der Waals surface area contributed by atoms with Gasteiger partial charge < -0.3 is 4.90 Å². The number of carbonyl (C=O) groups excluding carboxylic acids is 2. The highest BCUT2D eigenvalue weighted by Gasteiger charge is 2.32. The Morgan fingerprint density at radius 1 is 1.17 bits per heavy atom. The predicted octanol–water partition coefficient (Wildman–Crippen LogP) is 2.80. The quantitative estimate of drug-likeness (QED) is 0.760. The first-order valence-corrected chi connectivity index (χ1v) is 6.71. The van der Waals surface area contributed by atoms with E-state index in [4.69, 9.17) is 0 Å². The Bertz CT molecular complexity index is 489. The molecule has 1 aromatic carbocycles. The summed E-state index contributed by atoms with van der Waals surface area (Å²) in [5.74, 6) is 0.541. The molecule has 0 N–H and O–H groups in total. The molecule has 0 atom stereocenters. The van der Waals surface area contributed by atoms with Crippen LogP contribution in [0, 0.1) is 5.92 Å². The molecule has 1 fully saturated rings. The van der Waals surface area contributed by atoms with Crippen LogP contribution in [0.5, 0.6) is 0 Å². The van der Waals surface area contributed by atoms with Crippen molar-refractivity contribution < 1.29 is 9.59 Å². The van der Waals surface area contributed by atoms with E-state index in [9.17, 15) is 9.59 Å². The van der Waals surface area contributed by atoms with Crippen LogP contribution in [-0.2, 0) is 4.79 Å². The second kappa shape index (κ2) is 4.56. The van der Waals surface area contributed by atoms with Gasteiger partial charge >= 0.3 is 0 Å². The highest BCUT2D eigenvalue weighted by Crippen LogP contribution is 2.32. The number of hydrogen-bond donors (Lipinski definition) is 0. The summed E-state index contributed by atoms with van der Waals surface area (Å²) in [7, 11) is 0. The van der Waals surface area contributed by atoms with Crippen LogP contribution >= 0.6 is 0 Å². The van der Waals surface area contributed by atoms with Gasteiger partial charge in [0.2, 0.25) is 5.91 Å². The number of hydrogen-bond acceptors (Lipinski definition) is 2. The number of ketones is 1. The van der Waals surface area contributed by atoms with Gasteiger partial charge in [0.25, 0.3) is 0 Å². The highest BCUT2D eigenvalue weighted by molar-refractivity contribution is 6.09. The van der Waals surface area contributed by atoms with Crippen molar-refractivity contribution in [1.29, 1.82) is 0 Å². The number of para-hydroxylation sites is 1. The van der Waals surface area contributed by atoms with Crippen molar-refractivity contribution in [2.75, 3.05) is 11.4 Å². The van der Waals surface area contributed by atoms with E-state index in [1.54, 1.807) is 0 Å². The van der Waals surface area contributed by atoms with E-state index >= 15 is 0 Å². The van der Waals surface area contributed by atoms with Crippen molar-refractivity contribution in [2.45, 2.75) is 32.1 Å². The normalized spacial score (nSPS) is 20.0. The Balaban J connectivity index is 1.92. The Hall–Kier alpha value is -1.64. The first kappa shape index (κ1) is 11.5. The van der Waals surface area contributed by atoms with Gasteiger partial charge in [-0.1, -0.05) is 25.0 Å². The van der Waals surface area contributed by atoms with Crippen molar-refractivity contribution in [1.82, 2.24) is 0 Å². The highest BCUT2D eigenvalue weighted by atomic mass is 16.2. The van der Waals surface area contributed by atoms with Crippen molar-refractivity contribution in [2.24, 2.45) is 5.92 Å². The van der Waals surface area contributed by atoms with Gasteiger partial charge in [-0.15, -0.1) is 0 Å². The summed E-state index contributed by atoms with van der Waals surface area (Å²) >= 11 is 0. The molecule has 0 radical (unpaired) electrons. The van der Waals surface area contributed by atoms with E-state index in [0.29, 0.717) is 18.5 Å². The molecule has 0 unspecified atom stereocenters. The molecule has 1 aromatic rings. The van der Waals surface area contributed by atoms with Crippen LogP contribution in [0.4, 0.5) is 5.69 Å². The molecule has 3 heteroatoms.